The van der Waals surface area contributed by atoms with E-state index in [0.29, 0.717) is 30.6 Å². The highest BCUT2D eigenvalue weighted by molar-refractivity contribution is 7.10. The van der Waals surface area contributed by atoms with E-state index in [4.69, 9.17) is 0 Å². The number of fused-ring (bicyclic) bond motifs is 5. The van der Waals surface area contributed by atoms with Crippen LogP contribution in [0.1, 0.15) is 96.4 Å². The van der Waals surface area contributed by atoms with Crippen molar-refractivity contribution in [1.29, 1.82) is 0 Å². The summed E-state index contributed by atoms with van der Waals surface area (Å²) in [7, 11) is 0. The van der Waals surface area contributed by atoms with Gasteiger partial charge in [-0.2, -0.15) is 0 Å². The smallest absolute Gasteiger partial charge is 0.220 e. The van der Waals surface area contributed by atoms with Gasteiger partial charge in [0.1, 0.15) is 0 Å². The van der Waals surface area contributed by atoms with Crippen molar-refractivity contribution in [2.75, 3.05) is 0 Å². The Hall–Kier alpha value is -0.950. The minimum absolute atomic E-state index is 0.00950. The van der Waals surface area contributed by atoms with E-state index in [-0.39, 0.29) is 46.6 Å². The van der Waals surface area contributed by atoms with Gasteiger partial charge in [-0.05, 0) is 109 Å². The van der Waals surface area contributed by atoms with E-state index in [0.717, 1.165) is 44.9 Å². The molecule has 0 aliphatic heterocycles. The maximum Gasteiger partial charge on any atom is 0.220 e. The van der Waals surface area contributed by atoms with Crippen LogP contribution in [0.5, 0.6) is 0 Å². The van der Waals surface area contributed by atoms with Crippen LogP contribution in [-0.4, -0.2) is 39.5 Å². The Morgan fingerprint density at radius 2 is 1.78 bits per heavy atom. The molecule has 0 aromatic carbocycles. The monoisotopic (exact) mass is 517 g/mol. The van der Waals surface area contributed by atoms with Gasteiger partial charge >= 0.3 is 0 Å². The third kappa shape index (κ3) is 4.28. The van der Waals surface area contributed by atoms with Gasteiger partial charge in [0, 0.05) is 11.3 Å². The number of nitrogens with one attached hydrogen (secondary N) is 1. The fourth-order valence-corrected chi connectivity index (χ4v) is 10.6. The molecule has 5 nitrogen and oxygen atoms in total. The number of rotatable bonds is 6. The van der Waals surface area contributed by atoms with Crippen molar-refractivity contribution in [1.82, 2.24) is 5.32 Å². The Bertz CT molecular complexity index is 922. The van der Waals surface area contributed by atoms with Gasteiger partial charge in [-0.1, -0.05) is 33.8 Å². The summed E-state index contributed by atoms with van der Waals surface area (Å²) in [5.41, 5.74) is 0.0846. The molecular weight excluding hydrogens is 470 g/mol. The molecule has 0 saturated heterocycles. The first kappa shape index (κ1) is 26.6. The van der Waals surface area contributed by atoms with Crippen molar-refractivity contribution in [3.05, 3.63) is 22.4 Å². The quantitative estimate of drug-likeness (QED) is 0.412. The zero-order valence-corrected chi connectivity index (χ0v) is 23.3. The van der Waals surface area contributed by atoms with Crippen molar-refractivity contribution >= 4 is 17.2 Å². The van der Waals surface area contributed by atoms with E-state index >= 15 is 0 Å². The molecule has 1 amide bonds. The molecule has 6 heteroatoms. The molecule has 4 fully saturated rings. The molecule has 1 aromatic rings. The van der Waals surface area contributed by atoms with Crippen LogP contribution >= 0.6 is 11.3 Å². The Morgan fingerprint density at radius 1 is 1.06 bits per heavy atom. The molecule has 0 bridgehead atoms. The number of hydrogen-bond acceptors (Lipinski definition) is 5. The van der Waals surface area contributed by atoms with Crippen LogP contribution in [0.15, 0.2) is 17.5 Å². The molecule has 202 valence electrons. The van der Waals surface area contributed by atoms with Gasteiger partial charge in [0.25, 0.3) is 0 Å². The molecule has 1 heterocycles. The first-order valence-electron chi connectivity index (χ1n) is 14.5. The molecule has 4 saturated carbocycles. The molecule has 0 spiro atoms. The summed E-state index contributed by atoms with van der Waals surface area (Å²) >= 11 is 1.70. The van der Waals surface area contributed by atoms with E-state index in [9.17, 15) is 20.1 Å². The molecule has 0 radical (unpaired) electrons. The Labute approximate surface area is 221 Å². The van der Waals surface area contributed by atoms with E-state index in [1.54, 1.807) is 11.3 Å². The van der Waals surface area contributed by atoms with Gasteiger partial charge in [-0.15, -0.1) is 11.3 Å². The average molecular weight is 518 g/mol. The highest BCUT2D eigenvalue weighted by Crippen LogP contribution is 2.68. The number of carbonyl (C=O) groups excluding carboxylic acids is 1. The van der Waals surface area contributed by atoms with Gasteiger partial charge < -0.3 is 20.6 Å². The lowest BCUT2D eigenvalue weighted by molar-refractivity contribution is -0.223. The second kappa shape index (κ2) is 9.98. The van der Waals surface area contributed by atoms with Crippen molar-refractivity contribution in [2.24, 2.45) is 46.3 Å². The minimum atomic E-state index is -0.751. The van der Waals surface area contributed by atoms with Crippen LogP contribution in [0.2, 0.25) is 0 Å². The minimum Gasteiger partial charge on any atom is -0.393 e. The van der Waals surface area contributed by atoms with Crippen molar-refractivity contribution in [2.45, 2.75) is 110 Å². The van der Waals surface area contributed by atoms with Gasteiger partial charge in [0.05, 0.1) is 24.4 Å². The SMILES string of the molecule is CCC(NC(=O)C[C@@H](C)[C@H]1CC[C@H]2[C@@H]3[C@H](O)[C@H](O)[C@@H]4C[C@H](O)CC[C@]4(C)[C@H]3CC[C@]12C)c1cccs1. The summed E-state index contributed by atoms with van der Waals surface area (Å²) in [6.07, 6.45) is 6.37. The van der Waals surface area contributed by atoms with Gasteiger partial charge in [-0.3, -0.25) is 4.79 Å². The molecule has 12 atom stereocenters. The van der Waals surface area contributed by atoms with Crippen LogP contribution in [0.4, 0.5) is 0 Å². The third-order valence-electron chi connectivity index (χ3n) is 11.6. The summed E-state index contributed by atoms with van der Waals surface area (Å²) in [5.74, 6) is 1.78. The lowest BCUT2D eigenvalue weighted by Gasteiger charge is -2.63. The first-order valence-corrected chi connectivity index (χ1v) is 15.3. The number of aliphatic hydroxyl groups is 3. The van der Waals surface area contributed by atoms with Gasteiger partial charge in [0.15, 0.2) is 0 Å². The summed E-state index contributed by atoms with van der Waals surface area (Å²) in [6.45, 7) is 9.12. The average Bonchev–Trinajstić information content (AvgIpc) is 3.49. The maximum absolute atomic E-state index is 13.1. The van der Waals surface area contributed by atoms with Gasteiger partial charge in [-0.25, -0.2) is 0 Å². The van der Waals surface area contributed by atoms with E-state index in [1.807, 2.05) is 6.07 Å². The zero-order valence-electron chi connectivity index (χ0n) is 22.5. The topological polar surface area (TPSA) is 89.8 Å². The summed E-state index contributed by atoms with van der Waals surface area (Å²) in [4.78, 5) is 14.3. The largest absolute Gasteiger partial charge is 0.393 e. The maximum atomic E-state index is 13.1. The van der Waals surface area contributed by atoms with Crippen molar-refractivity contribution in [3.63, 3.8) is 0 Å². The van der Waals surface area contributed by atoms with Crippen LogP contribution in [-0.2, 0) is 4.79 Å². The number of amides is 1. The highest BCUT2D eigenvalue weighted by atomic mass is 32.1. The lowest BCUT2D eigenvalue weighted by atomic mass is 9.43. The second-order valence-corrected chi connectivity index (χ2v) is 14.2. The second-order valence-electron chi connectivity index (χ2n) is 13.3. The normalized spacial score (nSPS) is 45.8. The van der Waals surface area contributed by atoms with Crippen molar-refractivity contribution < 1.29 is 20.1 Å². The van der Waals surface area contributed by atoms with Gasteiger partial charge in [0.2, 0.25) is 5.91 Å². The number of carbonyl (C=O) groups is 1. The molecular formula is C30H47NO4S. The number of thiophene rings is 1. The third-order valence-corrected chi connectivity index (χ3v) is 12.6. The molecule has 36 heavy (non-hydrogen) atoms. The summed E-state index contributed by atoms with van der Waals surface area (Å²) in [5, 5.41) is 38.4. The molecule has 5 rings (SSSR count). The summed E-state index contributed by atoms with van der Waals surface area (Å²) in [6, 6.07) is 4.24. The molecule has 1 unspecified atom stereocenters. The predicted molar refractivity (Wildman–Crippen MR) is 143 cm³/mol. The van der Waals surface area contributed by atoms with Crippen LogP contribution in [0.3, 0.4) is 0 Å². The number of aliphatic hydroxyl groups excluding tert-OH is 3. The van der Waals surface area contributed by atoms with Crippen LogP contribution in [0, 0.1) is 46.3 Å². The lowest BCUT2D eigenvalue weighted by Crippen LogP contribution is -2.64. The Balaban J connectivity index is 1.30. The Kier molecular flexibility index (Phi) is 7.39. The molecule has 4 aliphatic rings. The molecule has 4 aliphatic carbocycles. The Morgan fingerprint density at radius 3 is 2.47 bits per heavy atom. The van der Waals surface area contributed by atoms with Crippen molar-refractivity contribution in [3.8, 4) is 0 Å². The molecule has 1 aromatic heterocycles. The van der Waals surface area contributed by atoms with E-state index < -0.39 is 12.2 Å². The first-order chi connectivity index (χ1) is 17.1. The van der Waals surface area contributed by atoms with E-state index in [1.165, 1.54) is 4.88 Å². The van der Waals surface area contributed by atoms with Crippen LogP contribution < -0.4 is 5.32 Å². The highest BCUT2D eigenvalue weighted by Gasteiger charge is 2.65. The fraction of sp³-hybridized carbons (Fsp3) is 0.833. The van der Waals surface area contributed by atoms with E-state index in [2.05, 4.69) is 44.5 Å². The fourth-order valence-electron chi connectivity index (χ4n) is 9.77. The molecule has 4 N–H and O–H groups in total. The number of hydrogen-bond donors (Lipinski definition) is 4. The zero-order chi connectivity index (χ0) is 25.8. The standard InChI is InChI=1S/C30H47NO4S/c1-5-23(24-7-6-14-36-24)31-25(33)15-17(2)19-8-9-20-26-21(11-13-29(19,20)3)30(4)12-10-18(32)16-22(30)27(34)28(26)35/h6-7,14,17-23,26-28,32,34-35H,5,8-13,15-16H2,1-4H3,(H,31,33)/t17-,18-,19-,20+,21+,22+,23?,26+,27-,28+,29-,30-/m1/s1. The summed E-state index contributed by atoms with van der Waals surface area (Å²) < 4.78 is 0. The van der Waals surface area contributed by atoms with Crippen LogP contribution in [0.25, 0.3) is 0 Å². The predicted octanol–water partition coefficient (Wildman–Crippen LogP) is 5.30.